The van der Waals surface area contributed by atoms with Crippen LogP contribution in [0.4, 0.5) is 0 Å². The molecule has 0 radical (unpaired) electrons. The second-order valence-corrected chi connectivity index (χ2v) is 4.41. The summed E-state index contributed by atoms with van der Waals surface area (Å²) in [5.74, 6) is 0. The minimum atomic E-state index is 0.507. The third kappa shape index (κ3) is 2.23. The summed E-state index contributed by atoms with van der Waals surface area (Å²) < 4.78 is 6.11. The van der Waals surface area contributed by atoms with E-state index in [9.17, 15) is 0 Å². The molecule has 1 N–H and O–H groups in total. The second-order valence-electron chi connectivity index (χ2n) is 4.41. The Labute approximate surface area is 81.0 Å². The fourth-order valence-corrected chi connectivity index (χ4v) is 2.69. The Bertz CT molecular complexity index is 154. The fraction of sp³-hybridized carbons (Fsp3) is 1.00. The third-order valence-corrected chi connectivity index (χ3v) is 3.49. The number of rotatable bonds is 3. The van der Waals surface area contributed by atoms with Gasteiger partial charge >= 0.3 is 0 Å². The Morgan fingerprint density at radius 2 is 1.77 bits per heavy atom. The van der Waals surface area contributed by atoms with E-state index in [1.807, 2.05) is 0 Å². The predicted octanol–water partition coefficient (Wildman–Crippen LogP) is 2.09. The summed E-state index contributed by atoms with van der Waals surface area (Å²) in [6.45, 7) is 0. The molecule has 0 amide bonds. The number of hydrogen-bond acceptors (Lipinski definition) is 2. The van der Waals surface area contributed by atoms with Gasteiger partial charge in [-0.3, -0.25) is 0 Å². The molecule has 0 aromatic rings. The summed E-state index contributed by atoms with van der Waals surface area (Å²) >= 11 is 0. The van der Waals surface area contributed by atoms with Crippen molar-refractivity contribution in [1.29, 1.82) is 0 Å². The van der Waals surface area contributed by atoms with Crippen molar-refractivity contribution in [3.8, 4) is 0 Å². The van der Waals surface area contributed by atoms with Gasteiger partial charge in [0.25, 0.3) is 0 Å². The number of likely N-dealkylation sites (N-methyl/N-ethyl adjacent to an activating group) is 1. The second kappa shape index (κ2) is 4.43. The van der Waals surface area contributed by atoms with Crippen molar-refractivity contribution < 1.29 is 4.74 Å². The van der Waals surface area contributed by atoms with Crippen LogP contribution in [0.25, 0.3) is 0 Å². The molecule has 2 aliphatic rings. The zero-order valence-corrected chi connectivity index (χ0v) is 8.59. The molecule has 0 saturated heterocycles. The van der Waals surface area contributed by atoms with E-state index in [2.05, 4.69) is 12.4 Å². The van der Waals surface area contributed by atoms with E-state index in [0.29, 0.717) is 18.2 Å². The van der Waals surface area contributed by atoms with Gasteiger partial charge in [-0.15, -0.1) is 0 Å². The van der Waals surface area contributed by atoms with Gasteiger partial charge in [0.1, 0.15) is 0 Å². The van der Waals surface area contributed by atoms with Crippen molar-refractivity contribution in [1.82, 2.24) is 5.32 Å². The van der Waals surface area contributed by atoms with Crippen molar-refractivity contribution >= 4 is 0 Å². The number of ether oxygens (including phenoxy) is 1. The summed E-state index contributed by atoms with van der Waals surface area (Å²) in [6.07, 6.45) is 10.3. The van der Waals surface area contributed by atoms with Crippen LogP contribution in [-0.2, 0) is 4.74 Å². The maximum Gasteiger partial charge on any atom is 0.0731 e. The van der Waals surface area contributed by atoms with Gasteiger partial charge in [-0.2, -0.15) is 0 Å². The van der Waals surface area contributed by atoms with Gasteiger partial charge in [-0.25, -0.2) is 0 Å². The molecule has 0 heterocycles. The Kier molecular flexibility index (Phi) is 3.23. The maximum absolute atomic E-state index is 6.11. The van der Waals surface area contributed by atoms with Gasteiger partial charge in [0.15, 0.2) is 0 Å². The molecule has 0 aliphatic heterocycles. The smallest absolute Gasteiger partial charge is 0.0731 e. The lowest BCUT2D eigenvalue weighted by atomic mass is 10.2. The lowest BCUT2D eigenvalue weighted by Gasteiger charge is -2.23. The molecule has 2 nitrogen and oxygen atoms in total. The first-order valence-corrected chi connectivity index (χ1v) is 5.73. The van der Waals surface area contributed by atoms with Gasteiger partial charge < -0.3 is 10.1 Å². The zero-order chi connectivity index (χ0) is 9.10. The van der Waals surface area contributed by atoms with Crippen LogP contribution in [0.3, 0.4) is 0 Å². The summed E-state index contributed by atoms with van der Waals surface area (Å²) in [5, 5.41) is 3.36. The summed E-state index contributed by atoms with van der Waals surface area (Å²) in [4.78, 5) is 0. The summed E-state index contributed by atoms with van der Waals surface area (Å²) in [5.41, 5.74) is 0. The highest BCUT2D eigenvalue weighted by atomic mass is 16.5. The van der Waals surface area contributed by atoms with Gasteiger partial charge in [0, 0.05) is 6.04 Å². The topological polar surface area (TPSA) is 21.3 Å². The summed E-state index contributed by atoms with van der Waals surface area (Å²) in [6, 6.07) is 0.626. The molecule has 2 heteroatoms. The molecule has 2 rings (SSSR count). The van der Waals surface area contributed by atoms with Crippen LogP contribution in [-0.4, -0.2) is 25.3 Å². The van der Waals surface area contributed by atoms with E-state index < -0.39 is 0 Å². The van der Waals surface area contributed by atoms with E-state index in [-0.39, 0.29) is 0 Å². The van der Waals surface area contributed by atoms with Crippen LogP contribution in [0.1, 0.15) is 44.9 Å². The highest BCUT2D eigenvalue weighted by Gasteiger charge is 2.29. The standard InChI is InChI=1S/C11H21NO/c1-12-10-7-4-8-11(10)13-9-5-2-3-6-9/h9-12H,2-8H2,1H3. The largest absolute Gasteiger partial charge is 0.373 e. The van der Waals surface area contributed by atoms with Crippen LogP contribution < -0.4 is 5.32 Å². The maximum atomic E-state index is 6.11. The summed E-state index contributed by atoms with van der Waals surface area (Å²) in [7, 11) is 2.06. The molecule has 0 aromatic heterocycles. The molecule has 2 unspecified atom stereocenters. The van der Waals surface area contributed by atoms with Crippen molar-refractivity contribution in [2.75, 3.05) is 7.05 Å². The predicted molar refractivity (Wildman–Crippen MR) is 53.8 cm³/mol. The lowest BCUT2D eigenvalue weighted by molar-refractivity contribution is -0.0160. The average molecular weight is 183 g/mol. The first-order valence-electron chi connectivity index (χ1n) is 5.73. The first kappa shape index (κ1) is 9.47. The molecule has 2 aliphatic carbocycles. The zero-order valence-electron chi connectivity index (χ0n) is 8.59. The fourth-order valence-electron chi connectivity index (χ4n) is 2.69. The Morgan fingerprint density at radius 1 is 1.00 bits per heavy atom. The quantitative estimate of drug-likeness (QED) is 0.723. The minimum Gasteiger partial charge on any atom is -0.373 e. The monoisotopic (exact) mass is 183 g/mol. The van der Waals surface area contributed by atoms with Crippen molar-refractivity contribution in [2.45, 2.75) is 63.2 Å². The van der Waals surface area contributed by atoms with E-state index >= 15 is 0 Å². The Balaban J connectivity index is 1.79. The molecule has 13 heavy (non-hydrogen) atoms. The normalized spacial score (nSPS) is 35.8. The first-order chi connectivity index (χ1) is 6.40. The number of hydrogen-bond donors (Lipinski definition) is 1. The van der Waals surface area contributed by atoms with E-state index in [1.54, 1.807) is 0 Å². The van der Waals surface area contributed by atoms with Gasteiger partial charge in [0.05, 0.1) is 12.2 Å². The molecule has 2 fully saturated rings. The Morgan fingerprint density at radius 3 is 2.46 bits per heavy atom. The van der Waals surface area contributed by atoms with Crippen molar-refractivity contribution in [3.05, 3.63) is 0 Å². The minimum absolute atomic E-state index is 0.507. The SMILES string of the molecule is CNC1CCCC1OC1CCCC1. The molecular weight excluding hydrogens is 162 g/mol. The van der Waals surface area contributed by atoms with Crippen molar-refractivity contribution in [2.24, 2.45) is 0 Å². The molecule has 0 aromatic carbocycles. The molecule has 2 saturated carbocycles. The molecule has 0 bridgehead atoms. The highest BCUT2D eigenvalue weighted by Crippen LogP contribution is 2.28. The lowest BCUT2D eigenvalue weighted by Crippen LogP contribution is -2.36. The molecule has 0 spiro atoms. The molecule has 2 atom stereocenters. The van der Waals surface area contributed by atoms with Crippen LogP contribution in [0.5, 0.6) is 0 Å². The van der Waals surface area contributed by atoms with E-state index in [1.165, 1.54) is 44.9 Å². The van der Waals surface area contributed by atoms with Crippen LogP contribution in [0, 0.1) is 0 Å². The van der Waals surface area contributed by atoms with Crippen LogP contribution in [0.2, 0.25) is 0 Å². The van der Waals surface area contributed by atoms with Crippen LogP contribution in [0.15, 0.2) is 0 Å². The van der Waals surface area contributed by atoms with Crippen molar-refractivity contribution in [3.63, 3.8) is 0 Å². The molecule has 76 valence electrons. The Hall–Kier alpha value is -0.0800. The van der Waals surface area contributed by atoms with E-state index in [4.69, 9.17) is 4.74 Å². The van der Waals surface area contributed by atoms with Gasteiger partial charge in [-0.05, 0) is 39.2 Å². The molecular formula is C11H21NO. The number of nitrogens with one attached hydrogen (secondary N) is 1. The van der Waals surface area contributed by atoms with Gasteiger partial charge in [0.2, 0.25) is 0 Å². The van der Waals surface area contributed by atoms with Gasteiger partial charge in [-0.1, -0.05) is 12.8 Å². The van der Waals surface area contributed by atoms with Crippen LogP contribution >= 0.6 is 0 Å². The van der Waals surface area contributed by atoms with E-state index in [0.717, 1.165) is 0 Å². The average Bonchev–Trinajstić information content (AvgIpc) is 2.76. The highest BCUT2D eigenvalue weighted by molar-refractivity contribution is 4.84. The third-order valence-electron chi connectivity index (χ3n) is 3.49.